The van der Waals surface area contributed by atoms with Crippen molar-refractivity contribution < 1.29 is 13.9 Å². The second-order valence-electron chi connectivity index (χ2n) is 9.45. The maximum Gasteiger partial charge on any atom is 0.270 e. The van der Waals surface area contributed by atoms with Crippen molar-refractivity contribution in [2.24, 2.45) is 0 Å². The normalized spacial score (nSPS) is 11.7. The molecule has 0 saturated heterocycles. The van der Waals surface area contributed by atoms with Gasteiger partial charge in [-0.05, 0) is 40.7 Å². The molecule has 0 radical (unpaired) electrons. The largest absolute Gasteiger partial charge is 0.385 e. The fraction of sp³-hybridized carbons (Fsp3) is 0.407. The highest BCUT2D eigenvalue weighted by Crippen LogP contribution is 2.23. The summed E-state index contributed by atoms with van der Waals surface area (Å²) in [5.41, 5.74) is 4.06. The van der Waals surface area contributed by atoms with E-state index in [0.717, 1.165) is 23.5 Å². The SMILES string of the molecule is COCCCNC(=O)c1csc(CN(Cc2ccc(F)cc2)Cc2ccc(C(C)(C)C)cc2)n1. The number of methoxy groups -OCH3 is 1. The van der Waals surface area contributed by atoms with Gasteiger partial charge in [-0.25, -0.2) is 9.37 Å². The average molecular weight is 484 g/mol. The van der Waals surface area contributed by atoms with Gasteiger partial charge in [-0.2, -0.15) is 0 Å². The molecule has 34 heavy (non-hydrogen) atoms. The number of aromatic nitrogens is 1. The molecule has 1 aromatic heterocycles. The van der Waals surface area contributed by atoms with Crippen LogP contribution in [0.2, 0.25) is 0 Å². The Bertz CT molecular complexity index is 1040. The zero-order valence-electron chi connectivity index (χ0n) is 20.4. The summed E-state index contributed by atoms with van der Waals surface area (Å²) in [6.07, 6.45) is 0.763. The van der Waals surface area contributed by atoms with Gasteiger partial charge in [0.15, 0.2) is 0 Å². The molecule has 7 heteroatoms. The Hall–Kier alpha value is -2.61. The molecule has 0 aliphatic carbocycles. The second-order valence-corrected chi connectivity index (χ2v) is 10.4. The number of nitrogens with zero attached hydrogens (tertiary/aromatic N) is 2. The summed E-state index contributed by atoms with van der Waals surface area (Å²) in [5.74, 6) is -0.407. The lowest BCUT2D eigenvalue weighted by Crippen LogP contribution is -2.26. The van der Waals surface area contributed by atoms with E-state index in [4.69, 9.17) is 4.74 Å². The Balaban J connectivity index is 1.70. The third-order valence-electron chi connectivity index (χ3n) is 5.50. The number of amides is 1. The first kappa shape index (κ1) is 26.0. The van der Waals surface area contributed by atoms with Crippen molar-refractivity contribution in [1.29, 1.82) is 0 Å². The van der Waals surface area contributed by atoms with Gasteiger partial charge in [0.2, 0.25) is 0 Å². The molecule has 0 aliphatic rings. The Morgan fingerprint density at radius 3 is 2.24 bits per heavy atom. The fourth-order valence-corrected chi connectivity index (χ4v) is 4.39. The van der Waals surface area contributed by atoms with Gasteiger partial charge in [0.05, 0.1) is 6.54 Å². The predicted octanol–water partition coefficient (Wildman–Crippen LogP) is 5.55. The van der Waals surface area contributed by atoms with E-state index >= 15 is 0 Å². The molecule has 5 nitrogen and oxygen atoms in total. The number of carbonyl (C=O) groups is 1. The Morgan fingerprint density at radius 2 is 1.65 bits per heavy atom. The van der Waals surface area contributed by atoms with E-state index in [0.29, 0.717) is 31.9 Å². The highest BCUT2D eigenvalue weighted by atomic mass is 32.1. The van der Waals surface area contributed by atoms with Gasteiger partial charge in [-0.15, -0.1) is 11.3 Å². The van der Waals surface area contributed by atoms with Crippen LogP contribution < -0.4 is 5.32 Å². The monoisotopic (exact) mass is 483 g/mol. The number of hydrogen-bond acceptors (Lipinski definition) is 5. The van der Waals surface area contributed by atoms with Crippen LogP contribution in [0.1, 0.15) is 59.4 Å². The molecule has 0 saturated carbocycles. The van der Waals surface area contributed by atoms with Crippen molar-refractivity contribution in [3.05, 3.63) is 87.1 Å². The van der Waals surface area contributed by atoms with Gasteiger partial charge in [0, 0.05) is 38.7 Å². The van der Waals surface area contributed by atoms with E-state index in [-0.39, 0.29) is 17.1 Å². The molecule has 0 atom stereocenters. The standard InChI is InChI=1S/C27H34FN3O2S/c1-27(2,3)22-10-6-20(7-11-22)16-31(17-21-8-12-23(28)13-9-21)18-25-30-24(19-34-25)26(32)29-14-5-15-33-4/h6-13,19H,5,14-18H2,1-4H3,(H,29,32). The summed E-state index contributed by atoms with van der Waals surface area (Å²) >= 11 is 1.48. The molecule has 1 heterocycles. The smallest absolute Gasteiger partial charge is 0.270 e. The molecule has 1 N–H and O–H groups in total. The maximum absolute atomic E-state index is 13.4. The molecular formula is C27H34FN3O2S. The highest BCUT2D eigenvalue weighted by molar-refractivity contribution is 7.09. The minimum atomic E-state index is -0.242. The van der Waals surface area contributed by atoms with Crippen molar-refractivity contribution in [2.75, 3.05) is 20.3 Å². The molecule has 0 fully saturated rings. The van der Waals surface area contributed by atoms with Crippen LogP contribution >= 0.6 is 11.3 Å². The number of nitrogens with one attached hydrogen (secondary N) is 1. The molecule has 0 bridgehead atoms. The third kappa shape index (κ3) is 8.01. The quantitative estimate of drug-likeness (QED) is 0.364. The van der Waals surface area contributed by atoms with Crippen LogP contribution in [0.25, 0.3) is 0 Å². The first-order chi connectivity index (χ1) is 16.2. The Labute approximate surface area is 206 Å². The van der Waals surface area contributed by atoms with Gasteiger partial charge < -0.3 is 10.1 Å². The van der Waals surface area contributed by atoms with Gasteiger partial charge in [-0.1, -0.05) is 57.2 Å². The lowest BCUT2D eigenvalue weighted by atomic mass is 9.87. The molecule has 3 rings (SSSR count). The molecule has 0 aliphatic heterocycles. The predicted molar refractivity (Wildman–Crippen MR) is 135 cm³/mol. The van der Waals surface area contributed by atoms with E-state index < -0.39 is 0 Å². The average Bonchev–Trinajstić information content (AvgIpc) is 3.26. The molecule has 1 amide bonds. The van der Waals surface area contributed by atoms with Crippen LogP contribution in [-0.4, -0.2) is 36.1 Å². The van der Waals surface area contributed by atoms with Crippen molar-refractivity contribution in [3.63, 3.8) is 0 Å². The van der Waals surface area contributed by atoms with E-state index in [1.165, 1.54) is 34.6 Å². The van der Waals surface area contributed by atoms with Crippen LogP contribution in [0.15, 0.2) is 53.9 Å². The van der Waals surface area contributed by atoms with Crippen molar-refractivity contribution in [2.45, 2.75) is 52.2 Å². The summed E-state index contributed by atoms with van der Waals surface area (Å²) in [6.45, 7) is 9.75. The van der Waals surface area contributed by atoms with Gasteiger partial charge in [0.25, 0.3) is 5.91 Å². The summed E-state index contributed by atoms with van der Waals surface area (Å²) in [7, 11) is 1.64. The molecular weight excluding hydrogens is 449 g/mol. The van der Waals surface area contributed by atoms with E-state index in [9.17, 15) is 9.18 Å². The van der Waals surface area contributed by atoms with Gasteiger partial charge in [0.1, 0.15) is 16.5 Å². The van der Waals surface area contributed by atoms with Crippen LogP contribution in [0.3, 0.4) is 0 Å². The molecule has 182 valence electrons. The summed E-state index contributed by atoms with van der Waals surface area (Å²) < 4.78 is 18.4. The maximum atomic E-state index is 13.4. The number of hydrogen-bond donors (Lipinski definition) is 1. The van der Waals surface area contributed by atoms with Crippen molar-refractivity contribution in [3.8, 4) is 0 Å². The van der Waals surface area contributed by atoms with Gasteiger partial charge >= 0.3 is 0 Å². The number of carbonyl (C=O) groups excluding carboxylic acids is 1. The first-order valence-corrected chi connectivity index (χ1v) is 12.4. The number of benzene rings is 2. The van der Waals surface area contributed by atoms with Gasteiger partial charge in [-0.3, -0.25) is 9.69 Å². The topological polar surface area (TPSA) is 54.5 Å². The number of halogens is 1. The lowest BCUT2D eigenvalue weighted by molar-refractivity contribution is 0.0944. The third-order valence-corrected chi connectivity index (χ3v) is 6.33. The minimum absolute atomic E-state index is 0.105. The summed E-state index contributed by atoms with van der Waals surface area (Å²) in [5, 5.41) is 5.55. The van der Waals surface area contributed by atoms with Crippen LogP contribution in [0, 0.1) is 5.82 Å². The van der Waals surface area contributed by atoms with Crippen LogP contribution in [-0.2, 0) is 29.8 Å². The van der Waals surface area contributed by atoms with Crippen LogP contribution in [0.5, 0.6) is 0 Å². The van der Waals surface area contributed by atoms with E-state index in [2.05, 4.69) is 60.2 Å². The summed E-state index contributed by atoms with van der Waals surface area (Å²) in [6, 6.07) is 15.3. The lowest BCUT2D eigenvalue weighted by Gasteiger charge is -2.23. The fourth-order valence-electron chi connectivity index (χ4n) is 3.57. The number of thiazole rings is 1. The molecule has 0 spiro atoms. The molecule has 2 aromatic carbocycles. The van der Waals surface area contributed by atoms with E-state index in [1.807, 2.05) is 12.1 Å². The van der Waals surface area contributed by atoms with E-state index in [1.54, 1.807) is 12.5 Å². The Kier molecular flexibility index (Phi) is 9.33. The highest BCUT2D eigenvalue weighted by Gasteiger charge is 2.16. The van der Waals surface area contributed by atoms with Crippen LogP contribution in [0.4, 0.5) is 4.39 Å². The first-order valence-electron chi connectivity index (χ1n) is 11.5. The minimum Gasteiger partial charge on any atom is -0.385 e. The van der Waals surface area contributed by atoms with Crippen molar-refractivity contribution >= 4 is 17.2 Å². The molecule has 3 aromatic rings. The molecule has 0 unspecified atom stereocenters. The Morgan fingerprint density at radius 1 is 1.03 bits per heavy atom. The number of ether oxygens (including phenoxy) is 1. The zero-order valence-corrected chi connectivity index (χ0v) is 21.3. The van der Waals surface area contributed by atoms with Crippen molar-refractivity contribution in [1.82, 2.24) is 15.2 Å². The zero-order chi connectivity index (χ0) is 24.6. The summed E-state index contributed by atoms with van der Waals surface area (Å²) in [4.78, 5) is 19.2. The number of rotatable bonds is 11. The second kappa shape index (κ2) is 12.2.